The molecule has 1 aliphatic rings. The second kappa shape index (κ2) is 2.86. The van der Waals surface area contributed by atoms with E-state index in [1.807, 2.05) is 24.3 Å². The van der Waals surface area contributed by atoms with E-state index in [0.717, 1.165) is 23.8 Å². The number of carboxylic acid groups (broad SMARTS) is 1. The van der Waals surface area contributed by atoms with Crippen molar-refractivity contribution in [2.24, 2.45) is 0 Å². The van der Waals surface area contributed by atoms with E-state index in [9.17, 15) is 4.79 Å². The van der Waals surface area contributed by atoms with Crippen molar-refractivity contribution in [1.29, 1.82) is 0 Å². The van der Waals surface area contributed by atoms with Gasteiger partial charge in [0.25, 0.3) is 0 Å². The highest BCUT2D eigenvalue weighted by atomic mass is 16.4. The summed E-state index contributed by atoms with van der Waals surface area (Å²) in [6.07, 6.45) is 2.15. The van der Waals surface area contributed by atoms with Crippen molar-refractivity contribution in [3.8, 4) is 0 Å². The fraction of sp³-hybridized carbons (Fsp3) is 0.250. The molecule has 3 nitrogen and oxygen atoms in total. The van der Waals surface area contributed by atoms with Gasteiger partial charge in [-0.15, -0.1) is 0 Å². The Morgan fingerprint density at radius 3 is 2.73 bits per heavy atom. The minimum absolute atomic E-state index is 0.124. The van der Waals surface area contributed by atoms with Gasteiger partial charge >= 0.3 is 5.97 Å². The molecular weight excluding hydrogens is 192 g/mol. The number of fused-ring (bicyclic) bond motifs is 1. The van der Waals surface area contributed by atoms with Gasteiger partial charge in [-0.05, 0) is 24.8 Å². The van der Waals surface area contributed by atoms with Gasteiger partial charge in [-0.1, -0.05) is 18.2 Å². The van der Waals surface area contributed by atoms with Gasteiger partial charge in [0.15, 0.2) is 0 Å². The molecule has 0 spiro atoms. The van der Waals surface area contributed by atoms with Crippen molar-refractivity contribution in [2.45, 2.75) is 18.8 Å². The normalized spacial score (nSPS) is 15.7. The fourth-order valence-electron chi connectivity index (χ4n) is 2.00. The van der Waals surface area contributed by atoms with Crippen LogP contribution >= 0.6 is 0 Å². The maximum atomic E-state index is 11.0. The Labute approximate surface area is 86.3 Å². The Hall–Kier alpha value is -1.77. The quantitative estimate of drug-likeness (QED) is 0.814. The smallest absolute Gasteiger partial charge is 0.372 e. The summed E-state index contributed by atoms with van der Waals surface area (Å²) in [6.45, 7) is 0. The maximum Gasteiger partial charge on any atom is 0.372 e. The Balaban J connectivity index is 2.33. The van der Waals surface area contributed by atoms with Crippen LogP contribution in [0.5, 0.6) is 0 Å². The summed E-state index contributed by atoms with van der Waals surface area (Å²) in [6, 6.07) is 7.51. The lowest BCUT2D eigenvalue weighted by molar-refractivity contribution is 0.0663. The van der Waals surface area contributed by atoms with E-state index in [4.69, 9.17) is 9.52 Å². The molecule has 76 valence electrons. The molecule has 0 radical (unpaired) electrons. The molecule has 15 heavy (non-hydrogen) atoms. The average molecular weight is 202 g/mol. The Bertz CT molecular complexity index is 535. The van der Waals surface area contributed by atoms with Crippen LogP contribution in [0.3, 0.4) is 0 Å². The lowest BCUT2D eigenvalue weighted by Crippen LogP contribution is -1.97. The van der Waals surface area contributed by atoms with E-state index in [-0.39, 0.29) is 5.76 Å². The molecule has 1 aliphatic carbocycles. The lowest BCUT2D eigenvalue weighted by atomic mass is 10.1. The van der Waals surface area contributed by atoms with Crippen molar-refractivity contribution in [1.82, 2.24) is 0 Å². The summed E-state index contributed by atoms with van der Waals surface area (Å²) >= 11 is 0. The molecular formula is C12H10O3. The highest BCUT2D eigenvalue weighted by molar-refractivity contribution is 5.95. The van der Waals surface area contributed by atoms with Gasteiger partial charge in [-0.25, -0.2) is 4.79 Å². The molecule has 0 atom stereocenters. The summed E-state index contributed by atoms with van der Waals surface area (Å²) in [5.41, 5.74) is 1.56. The van der Waals surface area contributed by atoms with E-state index in [0.29, 0.717) is 11.5 Å². The zero-order valence-corrected chi connectivity index (χ0v) is 8.06. The van der Waals surface area contributed by atoms with Crippen LogP contribution in [0, 0.1) is 0 Å². The number of hydrogen-bond donors (Lipinski definition) is 1. The number of hydrogen-bond acceptors (Lipinski definition) is 2. The number of aromatic carboxylic acids is 1. The van der Waals surface area contributed by atoms with Crippen LogP contribution in [0.1, 0.15) is 34.9 Å². The van der Waals surface area contributed by atoms with Crippen LogP contribution in [0.25, 0.3) is 11.0 Å². The van der Waals surface area contributed by atoms with Crippen LogP contribution < -0.4 is 0 Å². The van der Waals surface area contributed by atoms with Gasteiger partial charge < -0.3 is 9.52 Å². The van der Waals surface area contributed by atoms with Crippen molar-refractivity contribution >= 4 is 16.9 Å². The van der Waals surface area contributed by atoms with Crippen LogP contribution in [0.15, 0.2) is 28.7 Å². The van der Waals surface area contributed by atoms with Gasteiger partial charge in [0.1, 0.15) is 5.58 Å². The molecule has 1 heterocycles. The number of furan rings is 1. The molecule has 0 amide bonds. The topological polar surface area (TPSA) is 50.4 Å². The number of para-hydroxylation sites is 1. The highest BCUT2D eigenvalue weighted by Crippen LogP contribution is 2.46. The molecule has 2 aromatic rings. The summed E-state index contributed by atoms with van der Waals surface area (Å²) in [7, 11) is 0. The SMILES string of the molecule is O=C(O)c1oc2ccccc2c1C1CC1. The molecule has 0 bridgehead atoms. The van der Waals surface area contributed by atoms with E-state index >= 15 is 0 Å². The minimum Gasteiger partial charge on any atom is -0.475 e. The second-order valence-electron chi connectivity index (χ2n) is 3.92. The van der Waals surface area contributed by atoms with Crippen LogP contribution in [0.4, 0.5) is 0 Å². The van der Waals surface area contributed by atoms with Crippen molar-refractivity contribution in [3.05, 3.63) is 35.6 Å². The van der Waals surface area contributed by atoms with Crippen molar-refractivity contribution in [2.75, 3.05) is 0 Å². The number of carbonyl (C=O) groups is 1. The first-order chi connectivity index (χ1) is 7.27. The van der Waals surface area contributed by atoms with Gasteiger partial charge in [-0.2, -0.15) is 0 Å². The third kappa shape index (κ3) is 1.23. The molecule has 0 unspecified atom stereocenters. The fourth-order valence-corrected chi connectivity index (χ4v) is 2.00. The van der Waals surface area contributed by atoms with Gasteiger partial charge in [0.2, 0.25) is 5.76 Å². The summed E-state index contributed by atoms with van der Waals surface area (Å²) in [5, 5.41) is 10.0. The molecule has 3 rings (SSSR count). The van der Waals surface area contributed by atoms with E-state index in [2.05, 4.69) is 0 Å². The van der Waals surface area contributed by atoms with Crippen LogP contribution in [-0.2, 0) is 0 Å². The first kappa shape index (κ1) is 8.53. The third-order valence-corrected chi connectivity index (χ3v) is 2.81. The number of benzene rings is 1. The summed E-state index contributed by atoms with van der Waals surface area (Å²) in [4.78, 5) is 11.0. The predicted octanol–water partition coefficient (Wildman–Crippen LogP) is 3.01. The van der Waals surface area contributed by atoms with Crippen LogP contribution in [-0.4, -0.2) is 11.1 Å². The zero-order chi connectivity index (χ0) is 10.4. The molecule has 1 saturated carbocycles. The van der Waals surface area contributed by atoms with E-state index < -0.39 is 5.97 Å². The van der Waals surface area contributed by atoms with Gasteiger partial charge in [0.05, 0.1) is 0 Å². The van der Waals surface area contributed by atoms with E-state index in [1.165, 1.54) is 0 Å². The monoisotopic (exact) mass is 202 g/mol. The van der Waals surface area contributed by atoms with Crippen LogP contribution in [0.2, 0.25) is 0 Å². The Kier molecular flexibility index (Phi) is 1.63. The van der Waals surface area contributed by atoms with E-state index in [1.54, 1.807) is 0 Å². The standard InChI is InChI=1S/C12H10O3/c13-12(14)11-10(7-5-6-7)8-3-1-2-4-9(8)15-11/h1-4,7H,5-6H2,(H,13,14). The second-order valence-corrected chi connectivity index (χ2v) is 3.92. The Morgan fingerprint density at radius 1 is 1.33 bits per heavy atom. The minimum atomic E-state index is -0.965. The highest BCUT2D eigenvalue weighted by Gasteiger charge is 2.33. The predicted molar refractivity (Wildman–Crippen MR) is 55.1 cm³/mol. The number of rotatable bonds is 2. The summed E-state index contributed by atoms with van der Waals surface area (Å²) < 4.78 is 5.36. The van der Waals surface area contributed by atoms with Gasteiger partial charge in [0, 0.05) is 10.9 Å². The van der Waals surface area contributed by atoms with Crippen molar-refractivity contribution in [3.63, 3.8) is 0 Å². The molecule has 0 aliphatic heterocycles. The number of carboxylic acids is 1. The zero-order valence-electron chi connectivity index (χ0n) is 8.06. The molecule has 1 aromatic carbocycles. The lowest BCUT2D eigenvalue weighted by Gasteiger charge is -1.94. The average Bonchev–Trinajstić information content (AvgIpc) is 2.98. The first-order valence-corrected chi connectivity index (χ1v) is 5.02. The maximum absolute atomic E-state index is 11.0. The molecule has 3 heteroatoms. The van der Waals surface area contributed by atoms with Crippen molar-refractivity contribution < 1.29 is 14.3 Å². The molecule has 0 saturated heterocycles. The largest absolute Gasteiger partial charge is 0.475 e. The molecule has 1 fully saturated rings. The molecule has 1 N–H and O–H groups in total. The summed E-state index contributed by atoms with van der Waals surface area (Å²) in [5.74, 6) is -0.452. The first-order valence-electron chi connectivity index (χ1n) is 5.02. The Morgan fingerprint density at radius 2 is 2.07 bits per heavy atom. The van der Waals surface area contributed by atoms with Gasteiger partial charge in [-0.3, -0.25) is 0 Å². The third-order valence-electron chi connectivity index (χ3n) is 2.81. The molecule has 1 aromatic heterocycles.